The smallest absolute Gasteiger partial charge is 0.349 e. The average Bonchev–Trinajstić information content (AvgIpc) is 2.84. The molecule has 9 nitrogen and oxygen atoms in total. The SMILES string of the molecule is COc1cc(/C(N=Nc2cccc(C)c2)=N\NC(=O)c2cc3ccccc3oc2=O)ccc1O. The number of phenolic OH excluding ortho intramolecular Hbond substituents is 1. The van der Waals surface area contributed by atoms with Crippen LogP contribution in [0.25, 0.3) is 11.0 Å². The lowest BCUT2D eigenvalue weighted by atomic mass is 10.2. The number of ether oxygens (including phenoxy) is 1. The molecule has 170 valence electrons. The van der Waals surface area contributed by atoms with Gasteiger partial charge in [0, 0.05) is 10.9 Å². The zero-order valence-corrected chi connectivity index (χ0v) is 18.4. The van der Waals surface area contributed by atoms with Gasteiger partial charge in [-0.3, -0.25) is 4.79 Å². The minimum Gasteiger partial charge on any atom is -0.504 e. The Morgan fingerprint density at radius 2 is 1.85 bits per heavy atom. The van der Waals surface area contributed by atoms with Crippen LogP contribution >= 0.6 is 0 Å². The van der Waals surface area contributed by atoms with Crippen molar-refractivity contribution in [3.8, 4) is 11.5 Å². The van der Waals surface area contributed by atoms with Gasteiger partial charge in [0.25, 0.3) is 5.91 Å². The minimum absolute atomic E-state index is 0.0262. The molecule has 0 fully saturated rings. The minimum atomic E-state index is -0.791. The van der Waals surface area contributed by atoms with Gasteiger partial charge in [-0.2, -0.15) is 0 Å². The van der Waals surface area contributed by atoms with E-state index < -0.39 is 11.5 Å². The number of nitrogens with zero attached hydrogens (tertiary/aromatic N) is 3. The molecule has 4 aromatic rings. The standard InChI is InChI=1S/C25H20N4O5/c1-15-6-5-8-18(12-15)26-27-23(17-10-11-20(30)22(14-17)33-2)28-29-24(31)19-13-16-7-3-4-9-21(16)34-25(19)32/h3-14,30H,1-2H3,(H,29,31)/b27-26?,28-23+. The highest BCUT2D eigenvalue weighted by atomic mass is 16.5. The van der Waals surface area contributed by atoms with Gasteiger partial charge in [-0.25, -0.2) is 10.2 Å². The summed E-state index contributed by atoms with van der Waals surface area (Å²) in [5, 5.41) is 22.9. The van der Waals surface area contributed by atoms with Gasteiger partial charge >= 0.3 is 5.63 Å². The first kappa shape index (κ1) is 22.4. The number of amides is 1. The molecule has 0 aliphatic heterocycles. The molecule has 0 aliphatic carbocycles. The number of methoxy groups -OCH3 is 1. The van der Waals surface area contributed by atoms with Crippen LogP contribution < -0.4 is 15.8 Å². The second-order valence-corrected chi connectivity index (χ2v) is 7.29. The number of fused-ring (bicyclic) bond motifs is 1. The Hall–Kier alpha value is -4.79. The Balaban J connectivity index is 1.69. The molecular formula is C25H20N4O5. The molecule has 4 rings (SSSR count). The lowest BCUT2D eigenvalue weighted by Crippen LogP contribution is -2.25. The van der Waals surface area contributed by atoms with E-state index >= 15 is 0 Å². The number of aryl methyl sites for hydroxylation is 1. The van der Waals surface area contributed by atoms with Crippen LogP contribution in [-0.4, -0.2) is 24.0 Å². The molecule has 0 bridgehead atoms. The quantitative estimate of drug-likeness (QED) is 0.148. The highest BCUT2D eigenvalue weighted by molar-refractivity contribution is 6.02. The summed E-state index contributed by atoms with van der Waals surface area (Å²) in [5.41, 5.74) is 3.70. The van der Waals surface area contributed by atoms with Gasteiger partial charge in [0.15, 0.2) is 11.5 Å². The molecule has 3 aromatic carbocycles. The third kappa shape index (κ3) is 4.99. The van der Waals surface area contributed by atoms with Crippen molar-refractivity contribution >= 4 is 28.4 Å². The number of azo groups is 1. The van der Waals surface area contributed by atoms with Crippen molar-refractivity contribution in [2.75, 3.05) is 7.11 Å². The van der Waals surface area contributed by atoms with Gasteiger partial charge in [0.05, 0.1) is 12.8 Å². The molecule has 2 N–H and O–H groups in total. The predicted molar refractivity (Wildman–Crippen MR) is 127 cm³/mol. The van der Waals surface area contributed by atoms with Crippen molar-refractivity contribution in [1.29, 1.82) is 0 Å². The van der Waals surface area contributed by atoms with Crippen molar-refractivity contribution in [2.24, 2.45) is 15.3 Å². The molecule has 0 aliphatic rings. The Labute approximate surface area is 194 Å². The monoisotopic (exact) mass is 456 g/mol. The van der Waals surface area contributed by atoms with E-state index in [2.05, 4.69) is 20.8 Å². The lowest BCUT2D eigenvalue weighted by Gasteiger charge is -2.07. The number of hydrazone groups is 1. The topological polar surface area (TPSA) is 126 Å². The number of nitrogens with one attached hydrogen (secondary N) is 1. The van der Waals surface area contributed by atoms with E-state index in [4.69, 9.17) is 9.15 Å². The first-order valence-electron chi connectivity index (χ1n) is 10.2. The summed E-state index contributed by atoms with van der Waals surface area (Å²) in [4.78, 5) is 25.0. The summed E-state index contributed by atoms with van der Waals surface area (Å²) in [6.07, 6.45) is 0. The van der Waals surface area contributed by atoms with Crippen LogP contribution in [0.3, 0.4) is 0 Å². The molecule has 34 heavy (non-hydrogen) atoms. The fraction of sp³-hybridized carbons (Fsp3) is 0.0800. The Kier molecular flexibility index (Phi) is 6.45. The van der Waals surface area contributed by atoms with Crippen LogP contribution in [0.1, 0.15) is 21.5 Å². The number of amidine groups is 1. The first-order chi connectivity index (χ1) is 16.4. The van der Waals surface area contributed by atoms with Crippen molar-refractivity contribution in [1.82, 2.24) is 5.43 Å². The molecule has 1 heterocycles. The molecule has 0 saturated heterocycles. The third-order valence-corrected chi connectivity index (χ3v) is 4.85. The van der Waals surface area contributed by atoms with Crippen LogP contribution in [0.4, 0.5) is 5.69 Å². The van der Waals surface area contributed by atoms with Crippen molar-refractivity contribution in [3.05, 3.63) is 99.9 Å². The van der Waals surface area contributed by atoms with E-state index in [1.54, 1.807) is 36.4 Å². The number of hydrogen-bond donors (Lipinski definition) is 2. The Morgan fingerprint density at radius 3 is 2.65 bits per heavy atom. The normalized spacial score (nSPS) is 11.6. The van der Waals surface area contributed by atoms with Crippen LogP contribution in [0.15, 0.2) is 97.3 Å². The maximum Gasteiger partial charge on any atom is 0.349 e. The largest absolute Gasteiger partial charge is 0.504 e. The van der Waals surface area contributed by atoms with Crippen LogP contribution in [0.5, 0.6) is 11.5 Å². The van der Waals surface area contributed by atoms with Crippen molar-refractivity contribution in [3.63, 3.8) is 0 Å². The molecule has 0 radical (unpaired) electrons. The lowest BCUT2D eigenvalue weighted by molar-refractivity contribution is 0.0951. The second-order valence-electron chi connectivity index (χ2n) is 7.29. The fourth-order valence-electron chi connectivity index (χ4n) is 3.14. The van der Waals surface area contributed by atoms with Gasteiger partial charge in [0.1, 0.15) is 11.1 Å². The summed E-state index contributed by atoms with van der Waals surface area (Å²) in [7, 11) is 1.41. The zero-order chi connectivity index (χ0) is 24.1. The van der Waals surface area contributed by atoms with Crippen molar-refractivity contribution in [2.45, 2.75) is 6.92 Å². The maximum absolute atomic E-state index is 12.7. The molecule has 9 heteroatoms. The van der Waals surface area contributed by atoms with Gasteiger partial charge in [0.2, 0.25) is 5.84 Å². The summed E-state index contributed by atoms with van der Waals surface area (Å²) in [5.74, 6) is -0.622. The van der Waals surface area contributed by atoms with E-state index in [1.807, 2.05) is 25.1 Å². The highest BCUT2D eigenvalue weighted by Gasteiger charge is 2.15. The summed E-state index contributed by atoms with van der Waals surface area (Å²) >= 11 is 0. The number of aromatic hydroxyl groups is 1. The summed E-state index contributed by atoms with van der Waals surface area (Å²) in [6, 6.07) is 20.1. The molecule has 0 unspecified atom stereocenters. The van der Waals surface area contributed by atoms with Crippen molar-refractivity contribution < 1.29 is 19.1 Å². The van der Waals surface area contributed by atoms with Gasteiger partial charge in [-0.15, -0.1) is 15.3 Å². The number of rotatable bonds is 5. The molecular weight excluding hydrogens is 436 g/mol. The predicted octanol–water partition coefficient (Wildman–Crippen LogP) is 4.69. The van der Waals surface area contributed by atoms with Gasteiger partial charge in [-0.05, 0) is 55.0 Å². The number of para-hydroxylation sites is 1. The second kappa shape index (κ2) is 9.78. The third-order valence-electron chi connectivity index (χ3n) is 4.85. The molecule has 0 saturated carbocycles. The molecule has 1 amide bonds. The number of phenols is 1. The van der Waals surface area contributed by atoms with E-state index in [1.165, 1.54) is 25.3 Å². The molecule has 0 spiro atoms. The molecule has 0 atom stereocenters. The molecule has 1 aromatic heterocycles. The van der Waals surface area contributed by atoms with Gasteiger partial charge < -0.3 is 14.3 Å². The van der Waals surface area contributed by atoms with Crippen LogP contribution in [0, 0.1) is 6.92 Å². The summed E-state index contributed by atoms with van der Waals surface area (Å²) < 4.78 is 10.4. The van der Waals surface area contributed by atoms with Gasteiger partial charge in [-0.1, -0.05) is 30.3 Å². The zero-order valence-electron chi connectivity index (χ0n) is 18.4. The Morgan fingerprint density at radius 1 is 1.03 bits per heavy atom. The fourth-order valence-corrected chi connectivity index (χ4v) is 3.14. The van der Waals surface area contributed by atoms with Crippen LogP contribution in [0.2, 0.25) is 0 Å². The number of hydrogen-bond acceptors (Lipinski definition) is 7. The Bertz CT molecular complexity index is 1490. The number of carbonyl (C=O) groups is 1. The van der Waals surface area contributed by atoms with E-state index in [0.717, 1.165) is 5.56 Å². The van der Waals surface area contributed by atoms with E-state index in [0.29, 0.717) is 22.2 Å². The summed E-state index contributed by atoms with van der Waals surface area (Å²) in [6.45, 7) is 1.92. The van der Waals surface area contributed by atoms with E-state index in [9.17, 15) is 14.7 Å². The first-order valence-corrected chi connectivity index (χ1v) is 10.2. The average molecular weight is 456 g/mol. The number of benzene rings is 3. The highest BCUT2D eigenvalue weighted by Crippen LogP contribution is 2.27. The number of carbonyl (C=O) groups excluding carboxylic acids is 1. The van der Waals surface area contributed by atoms with Crippen LogP contribution in [-0.2, 0) is 0 Å². The maximum atomic E-state index is 12.7. The van der Waals surface area contributed by atoms with E-state index in [-0.39, 0.29) is 22.9 Å².